The van der Waals surface area contributed by atoms with Gasteiger partial charge < -0.3 is 5.32 Å². The van der Waals surface area contributed by atoms with Crippen LogP contribution < -0.4 is 5.32 Å². The zero-order valence-corrected chi connectivity index (χ0v) is 12.4. The quantitative estimate of drug-likeness (QED) is 0.862. The lowest BCUT2D eigenvalue weighted by Gasteiger charge is -2.07. The Balaban J connectivity index is 1.92. The maximum Gasteiger partial charge on any atom is 0.137 e. The second-order valence-corrected chi connectivity index (χ2v) is 6.43. The maximum atomic E-state index is 5.92. The molecule has 0 aromatic carbocycles. The predicted octanol–water partition coefficient (Wildman–Crippen LogP) is 3.92. The summed E-state index contributed by atoms with van der Waals surface area (Å²) in [5.41, 5.74) is 0.890. The van der Waals surface area contributed by atoms with Crippen LogP contribution in [0.3, 0.4) is 0 Å². The molecule has 2 heterocycles. The third-order valence-corrected chi connectivity index (χ3v) is 4.38. The van der Waals surface area contributed by atoms with E-state index in [4.69, 9.17) is 11.6 Å². The summed E-state index contributed by atoms with van der Waals surface area (Å²) in [5.74, 6) is 0.806. The molecule has 2 aromatic rings. The molecule has 0 saturated carbocycles. The van der Waals surface area contributed by atoms with Crippen LogP contribution in [0.5, 0.6) is 0 Å². The summed E-state index contributed by atoms with van der Waals surface area (Å²) in [6, 6.07) is 4.18. The fourth-order valence-electron chi connectivity index (χ4n) is 1.40. The van der Waals surface area contributed by atoms with Gasteiger partial charge in [0.2, 0.25) is 0 Å². The number of nitrogens with zero attached hydrogens (tertiary/aromatic N) is 2. The van der Waals surface area contributed by atoms with E-state index in [1.165, 1.54) is 11.2 Å². The summed E-state index contributed by atoms with van der Waals surface area (Å²) in [5, 5.41) is 3.77. The molecule has 0 aliphatic carbocycles. The molecule has 1 N–H and O–H groups in total. The Morgan fingerprint density at radius 1 is 1.41 bits per heavy atom. The standard InChI is InChI=1S/C11H11BrClN3S/c1-7-10(13)15-6-16-11(7)14-5-4-8-2-3-9(12)17-8/h2-3,6H,4-5H2,1H3,(H,14,15,16). The molecule has 0 aliphatic heterocycles. The Kier molecular flexibility index (Phi) is 4.36. The molecular weight excluding hydrogens is 322 g/mol. The van der Waals surface area contributed by atoms with Gasteiger partial charge in [0.25, 0.3) is 0 Å². The summed E-state index contributed by atoms with van der Waals surface area (Å²) in [7, 11) is 0. The topological polar surface area (TPSA) is 37.8 Å². The monoisotopic (exact) mass is 331 g/mol. The molecule has 0 atom stereocenters. The van der Waals surface area contributed by atoms with Crippen LogP contribution in [-0.4, -0.2) is 16.5 Å². The smallest absolute Gasteiger partial charge is 0.137 e. The van der Waals surface area contributed by atoms with Gasteiger partial charge in [-0.2, -0.15) is 0 Å². The highest BCUT2D eigenvalue weighted by molar-refractivity contribution is 9.11. The lowest BCUT2D eigenvalue weighted by Crippen LogP contribution is -2.07. The van der Waals surface area contributed by atoms with E-state index in [2.05, 4.69) is 43.3 Å². The lowest BCUT2D eigenvalue weighted by molar-refractivity contribution is 1.01. The van der Waals surface area contributed by atoms with E-state index in [0.29, 0.717) is 5.15 Å². The summed E-state index contributed by atoms with van der Waals surface area (Å²) >= 11 is 11.1. The average Bonchev–Trinajstić information content (AvgIpc) is 2.70. The predicted molar refractivity (Wildman–Crippen MR) is 76.0 cm³/mol. The molecule has 17 heavy (non-hydrogen) atoms. The van der Waals surface area contributed by atoms with Gasteiger partial charge >= 0.3 is 0 Å². The number of hydrogen-bond donors (Lipinski definition) is 1. The van der Waals surface area contributed by atoms with Gasteiger partial charge in [-0.15, -0.1) is 11.3 Å². The maximum absolute atomic E-state index is 5.92. The lowest BCUT2D eigenvalue weighted by atomic mass is 10.3. The van der Waals surface area contributed by atoms with E-state index >= 15 is 0 Å². The second kappa shape index (κ2) is 5.80. The first kappa shape index (κ1) is 12.8. The fraction of sp³-hybridized carbons (Fsp3) is 0.273. The summed E-state index contributed by atoms with van der Waals surface area (Å²) < 4.78 is 1.16. The molecule has 0 radical (unpaired) electrons. The van der Waals surface area contributed by atoms with Gasteiger partial charge in [0.05, 0.1) is 3.79 Å². The van der Waals surface area contributed by atoms with E-state index in [-0.39, 0.29) is 0 Å². The van der Waals surface area contributed by atoms with Crippen molar-refractivity contribution in [3.63, 3.8) is 0 Å². The zero-order chi connectivity index (χ0) is 12.3. The first-order chi connectivity index (χ1) is 8.16. The van der Waals surface area contributed by atoms with Gasteiger partial charge in [-0.05, 0) is 41.4 Å². The Labute approximate surface area is 117 Å². The van der Waals surface area contributed by atoms with E-state index in [1.54, 1.807) is 11.3 Å². The van der Waals surface area contributed by atoms with Crippen molar-refractivity contribution in [3.05, 3.63) is 37.8 Å². The molecule has 0 bridgehead atoms. The number of aromatic nitrogens is 2. The number of halogens is 2. The van der Waals surface area contributed by atoms with Crippen molar-refractivity contribution >= 4 is 44.7 Å². The van der Waals surface area contributed by atoms with Crippen molar-refractivity contribution < 1.29 is 0 Å². The summed E-state index contributed by atoms with van der Waals surface area (Å²) in [6.45, 7) is 2.74. The van der Waals surface area contributed by atoms with Crippen LogP contribution in [0.4, 0.5) is 5.82 Å². The highest BCUT2D eigenvalue weighted by atomic mass is 79.9. The van der Waals surface area contributed by atoms with E-state index in [1.807, 2.05) is 6.92 Å². The van der Waals surface area contributed by atoms with Crippen molar-refractivity contribution in [2.24, 2.45) is 0 Å². The normalized spacial score (nSPS) is 10.5. The SMILES string of the molecule is Cc1c(Cl)ncnc1NCCc1ccc(Br)s1. The fourth-order valence-corrected chi connectivity index (χ4v) is 3.01. The van der Waals surface area contributed by atoms with Crippen LogP contribution in [-0.2, 0) is 6.42 Å². The van der Waals surface area contributed by atoms with E-state index in [9.17, 15) is 0 Å². The molecule has 3 nitrogen and oxygen atoms in total. The minimum Gasteiger partial charge on any atom is -0.369 e. The van der Waals surface area contributed by atoms with Crippen LogP contribution >= 0.6 is 38.9 Å². The average molecular weight is 333 g/mol. The van der Waals surface area contributed by atoms with Gasteiger partial charge in [-0.1, -0.05) is 11.6 Å². The third kappa shape index (κ3) is 3.40. The van der Waals surface area contributed by atoms with Crippen molar-refractivity contribution in [3.8, 4) is 0 Å². The highest BCUT2D eigenvalue weighted by Crippen LogP contribution is 2.23. The third-order valence-electron chi connectivity index (χ3n) is 2.32. The summed E-state index contributed by atoms with van der Waals surface area (Å²) in [4.78, 5) is 9.42. The van der Waals surface area contributed by atoms with Crippen LogP contribution in [0, 0.1) is 6.92 Å². The van der Waals surface area contributed by atoms with Crippen molar-refractivity contribution in [2.75, 3.05) is 11.9 Å². The highest BCUT2D eigenvalue weighted by Gasteiger charge is 2.04. The first-order valence-corrected chi connectivity index (χ1v) is 7.11. The second-order valence-electron chi connectivity index (χ2n) is 3.52. The molecule has 0 aliphatic rings. The van der Waals surface area contributed by atoms with Crippen LogP contribution in [0.25, 0.3) is 0 Å². The molecule has 2 rings (SSSR count). The Hall–Kier alpha value is -0.650. The number of rotatable bonds is 4. The van der Waals surface area contributed by atoms with Gasteiger partial charge in [0.15, 0.2) is 0 Å². The van der Waals surface area contributed by atoms with Crippen LogP contribution in [0.15, 0.2) is 22.2 Å². The zero-order valence-electron chi connectivity index (χ0n) is 9.20. The van der Waals surface area contributed by atoms with Gasteiger partial charge in [0, 0.05) is 17.0 Å². The largest absolute Gasteiger partial charge is 0.369 e. The molecule has 0 spiro atoms. The van der Waals surface area contributed by atoms with Crippen LogP contribution in [0.1, 0.15) is 10.4 Å². The van der Waals surface area contributed by atoms with Crippen LogP contribution in [0.2, 0.25) is 5.15 Å². The number of thiophene rings is 1. The Morgan fingerprint density at radius 3 is 2.94 bits per heavy atom. The molecule has 90 valence electrons. The summed E-state index contributed by atoms with van der Waals surface area (Å²) in [6.07, 6.45) is 2.44. The number of anilines is 1. The number of hydrogen-bond acceptors (Lipinski definition) is 4. The van der Waals surface area contributed by atoms with Gasteiger partial charge in [0.1, 0.15) is 17.3 Å². The van der Waals surface area contributed by atoms with Crippen molar-refractivity contribution in [1.82, 2.24) is 9.97 Å². The molecule has 2 aromatic heterocycles. The molecule has 0 unspecified atom stereocenters. The molecule has 6 heteroatoms. The Morgan fingerprint density at radius 2 is 2.24 bits per heavy atom. The molecule has 0 fully saturated rings. The molecular formula is C11H11BrClN3S. The van der Waals surface area contributed by atoms with E-state index < -0.39 is 0 Å². The molecule has 0 saturated heterocycles. The minimum atomic E-state index is 0.501. The van der Waals surface area contributed by atoms with Gasteiger partial charge in [-0.3, -0.25) is 0 Å². The Bertz CT molecular complexity index is 515. The number of nitrogens with one attached hydrogen (secondary N) is 1. The molecule has 0 amide bonds. The first-order valence-electron chi connectivity index (χ1n) is 5.12. The van der Waals surface area contributed by atoms with Crippen molar-refractivity contribution in [1.29, 1.82) is 0 Å². The van der Waals surface area contributed by atoms with Crippen molar-refractivity contribution in [2.45, 2.75) is 13.3 Å². The van der Waals surface area contributed by atoms with Gasteiger partial charge in [-0.25, -0.2) is 9.97 Å². The minimum absolute atomic E-state index is 0.501. The van der Waals surface area contributed by atoms with E-state index in [0.717, 1.165) is 28.1 Å².